The summed E-state index contributed by atoms with van der Waals surface area (Å²) >= 11 is 0. The normalized spacial score (nSPS) is 24.1. The Balaban J connectivity index is 1.37. The van der Waals surface area contributed by atoms with Gasteiger partial charge in [0, 0.05) is 18.9 Å². The molecule has 0 aliphatic heterocycles. The zero-order valence-electron chi connectivity index (χ0n) is 13.4. The summed E-state index contributed by atoms with van der Waals surface area (Å²) in [4.78, 5) is 16.6. The van der Waals surface area contributed by atoms with E-state index < -0.39 is 5.54 Å². The first-order chi connectivity index (χ1) is 11.6. The first-order valence-corrected chi connectivity index (χ1v) is 8.21. The van der Waals surface area contributed by atoms with Crippen molar-refractivity contribution in [1.82, 2.24) is 20.8 Å². The van der Waals surface area contributed by atoms with E-state index in [0.717, 1.165) is 31.2 Å². The number of rotatable bonds is 4. The van der Waals surface area contributed by atoms with Crippen LogP contribution in [0.25, 0.3) is 0 Å². The van der Waals surface area contributed by atoms with Gasteiger partial charge in [0.25, 0.3) is 0 Å². The molecule has 1 aromatic carbocycles. The second kappa shape index (κ2) is 5.58. The lowest BCUT2D eigenvalue weighted by Gasteiger charge is -2.39. The van der Waals surface area contributed by atoms with E-state index in [0.29, 0.717) is 11.7 Å². The number of carbonyl (C=O) groups excluding carboxylic acids is 1. The second-order valence-corrected chi connectivity index (χ2v) is 6.67. The number of benzene rings is 1. The molecule has 0 unspecified atom stereocenters. The summed E-state index contributed by atoms with van der Waals surface area (Å²) in [6.07, 6.45) is 3.45. The monoisotopic (exact) mass is 330 g/mol. The second-order valence-electron chi connectivity index (χ2n) is 6.67. The number of halogens is 1. The van der Waals surface area contributed by atoms with Gasteiger partial charge in [-0.3, -0.25) is 0 Å². The van der Waals surface area contributed by atoms with Crippen molar-refractivity contribution < 1.29 is 13.7 Å². The number of aryl methyl sites for hydroxylation is 1. The van der Waals surface area contributed by atoms with Crippen molar-refractivity contribution in [2.45, 2.75) is 50.1 Å². The molecule has 1 aromatic heterocycles. The first-order valence-electron chi connectivity index (χ1n) is 8.21. The van der Waals surface area contributed by atoms with Crippen molar-refractivity contribution in [1.29, 1.82) is 0 Å². The molecule has 2 aromatic rings. The number of hydrogen-bond donors (Lipinski definition) is 2. The summed E-state index contributed by atoms with van der Waals surface area (Å²) in [6, 6.07) is 6.34. The van der Waals surface area contributed by atoms with Crippen molar-refractivity contribution in [3.63, 3.8) is 0 Å². The van der Waals surface area contributed by atoms with Crippen LogP contribution in [0.4, 0.5) is 9.18 Å². The van der Waals surface area contributed by atoms with Crippen LogP contribution in [0.5, 0.6) is 0 Å². The van der Waals surface area contributed by atoms with Crippen LogP contribution in [-0.4, -0.2) is 22.2 Å². The van der Waals surface area contributed by atoms with Gasteiger partial charge < -0.3 is 15.2 Å². The van der Waals surface area contributed by atoms with Crippen LogP contribution in [0.2, 0.25) is 0 Å². The highest BCUT2D eigenvalue weighted by atomic mass is 19.1. The van der Waals surface area contributed by atoms with Crippen LogP contribution in [0, 0.1) is 12.7 Å². The molecule has 2 atom stereocenters. The third-order valence-corrected chi connectivity index (χ3v) is 4.90. The molecule has 0 radical (unpaired) electrons. The Kier molecular flexibility index (Phi) is 3.51. The van der Waals surface area contributed by atoms with E-state index in [4.69, 9.17) is 4.52 Å². The van der Waals surface area contributed by atoms with Gasteiger partial charge >= 0.3 is 6.03 Å². The van der Waals surface area contributed by atoms with Gasteiger partial charge in [-0.05, 0) is 43.4 Å². The highest BCUT2D eigenvalue weighted by Gasteiger charge is 2.46. The maximum atomic E-state index is 13.3. The van der Waals surface area contributed by atoms with Gasteiger partial charge in [0.1, 0.15) is 11.4 Å². The van der Waals surface area contributed by atoms with Crippen molar-refractivity contribution in [2.24, 2.45) is 0 Å². The average molecular weight is 330 g/mol. The van der Waals surface area contributed by atoms with Crippen molar-refractivity contribution >= 4 is 6.03 Å². The third-order valence-electron chi connectivity index (χ3n) is 4.90. The minimum absolute atomic E-state index is 0.0379. The number of nitrogens with one attached hydrogen (secondary N) is 2. The lowest BCUT2D eigenvalue weighted by Crippen LogP contribution is -2.55. The fourth-order valence-corrected chi connectivity index (χ4v) is 3.31. The number of carbonyl (C=O) groups is 1. The SMILES string of the molecule is Cc1nc(C2(NC(=O)N[C@@H]3C[C@H]3c3cccc(F)c3)CCC2)no1. The third kappa shape index (κ3) is 2.74. The number of hydrogen-bond acceptors (Lipinski definition) is 4. The lowest BCUT2D eigenvalue weighted by molar-refractivity contribution is 0.164. The molecule has 2 N–H and O–H groups in total. The van der Waals surface area contributed by atoms with E-state index in [2.05, 4.69) is 20.8 Å². The molecule has 2 amide bonds. The van der Waals surface area contributed by atoms with Crippen molar-refractivity contribution in [3.8, 4) is 0 Å². The Hall–Kier alpha value is -2.44. The van der Waals surface area contributed by atoms with E-state index in [-0.39, 0.29) is 23.8 Å². The van der Waals surface area contributed by atoms with Gasteiger partial charge in [-0.25, -0.2) is 9.18 Å². The van der Waals surface area contributed by atoms with Gasteiger partial charge in [-0.15, -0.1) is 0 Å². The largest absolute Gasteiger partial charge is 0.340 e. The van der Waals surface area contributed by atoms with E-state index >= 15 is 0 Å². The Morgan fingerprint density at radius 2 is 2.25 bits per heavy atom. The smallest absolute Gasteiger partial charge is 0.315 e. The summed E-state index contributed by atoms with van der Waals surface area (Å²) in [5.74, 6) is 0.963. The van der Waals surface area contributed by atoms with Crippen molar-refractivity contribution in [2.75, 3.05) is 0 Å². The maximum Gasteiger partial charge on any atom is 0.315 e. The van der Waals surface area contributed by atoms with Crippen LogP contribution in [0.3, 0.4) is 0 Å². The van der Waals surface area contributed by atoms with Crippen LogP contribution in [0.15, 0.2) is 28.8 Å². The van der Waals surface area contributed by atoms with E-state index in [9.17, 15) is 9.18 Å². The number of nitrogens with zero attached hydrogens (tertiary/aromatic N) is 2. The summed E-state index contributed by atoms with van der Waals surface area (Å²) in [5, 5.41) is 9.93. The fourth-order valence-electron chi connectivity index (χ4n) is 3.31. The number of aromatic nitrogens is 2. The van der Waals surface area contributed by atoms with Gasteiger partial charge in [0.15, 0.2) is 5.82 Å². The molecule has 2 fully saturated rings. The lowest BCUT2D eigenvalue weighted by atomic mass is 9.76. The topological polar surface area (TPSA) is 80.0 Å². The fraction of sp³-hybridized carbons (Fsp3) is 0.471. The molecule has 24 heavy (non-hydrogen) atoms. The predicted octanol–water partition coefficient (Wildman–Crippen LogP) is 2.75. The zero-order valence-corrected chi connectivity index (χ0v) is 13.4. The van der Waals surface area contributed by atoms with Gasteiger partial charge in [0.05, 0.1) is 0 Å². The van der Waals surface area contributed by atoms with Crippen molar-refractivity contribution in [3.05, 3.63) is 47.4 Å². The Morgan fingerprint density at radius 3 is 2.88 bits per heavy atom. The highest BCUT2D eigenvalue weighted by Crippen LogP contribution is 2.42. The minimum atomic E-state index is -0.523. The number of amides is 2. The molecule has 7 heteroatoms. The molecule has 2 aliphatic rings. The Bertz CT molecular complexity index is 771. The first kappa shape index (κ1) is 15.1. The molecule has 6 nitrogen and oxygen atoms in total. The minimum Gasteiger partial charge on any atom is -0.340 e. The molecule has 0 bridgehead atoms. The van der Waals surface area contributed by atoms with E-state index in [1.54, 1.807) is 13.0 Å². The van der Waals surface area contributed by atoms with Gasteiger partial charge in [-0.2, -0.15) is 4.98 Å². The molecule has 4 rings (SSSR count). The molecule has 126 valence electrons. The molecule has 0 spiro atoms. The van der Waals surface area contributed by atoms with Gasteiger partial charge in [0.2, 0.25) is 5.89 Å². The average Bonchev–Trinajstić information content (AvgIpc) is 3.13. The standard InChI is InChI=1S/C17H19FN4O2/c1-10-19-15(22-24-10)17(6-3-7-17)21-16(23)20-14-9-13(14)11-4-2-5-12(18)8-11/h2,4-5,8,13-14H,3,6-7,9H2,1H3,(H2,20,21,23)/t13-,14+/m0/s1. The van der Waals surface area contributed by atoms with E-state index in [1.807, 2.05) is 6.07 Å². The molecular weight excluding hydrogens is 311 g/mol. The van der Waals surface area contributed by atoms with Crippen LogP contribution >= 0.6 is 0 Å². The summed E-state index contributed by atoms with van der Waals surface area (Å²) in [5.41, 5.74) is 0.401. The highest BCUT2D eigenvalue weighted by molar-refractivity contribution is 5.76. The predicted molar refractivity (Wildman–Crippen MR) is 83.8 cm³/mol. The van der Waals surface area contributed by atoms with Gasteiger partial charge in [-0.1, -0.05) is 17.3 Å². The van der Waals surface area contributed by atoms with Crippen LogP contribution in [0.1, 0.15) is 48.9 Å². The summed E-state index contributed by atoms with van der Waals surface area (Å²) < 4.78 is 18.3. The molecule has 1 heterocycles. The van der Waals surface area contributed by atoms with Crippen LogP contribution < -0.4 is 10.6 Å². The quantitative estimate of drug-likeness (QED) is 0.903. The van der Waals surface area contributed by atoms with Crippen LogP contribution in [-0.2, 0) is 5.54 Å². The molecular formula is C17H19FN4O2. The zero-order chi connectivity index (χ0) is 16.7. The molecule has 2 saturated carbocycles. The number of urea groups is 1. The molecule has 0 saturated heterocycles. The summed E-state index contributed by atoms with van der Waals surface area (Å²) in [7, 11) is 0. The molecule has 2 aliphatic carbocycles. The maximum absolute atomic E-state index is 13.3. The Labute approximate surface area is 138 Å². The van der Waals surface area contributed by atoms with E-state index in [1.165, 1.54) is 12.1 Å². The Morgan fingerprint density at radius 1 is 1.42 bits per heavy atom. The summed E-state index contributed by atoms with van der Waals surface area (Å²) in [6.45, 7) is 1.73.